The van der Waals surface area contributed by atoms with Crippen LogP contribution in [0.2, 0.25) is 0 Å². The fourth-order valence-corrected chi connectivity index (χ4v) is 2.74. The maximum Gasteiger partial charge on any atom is 0.242 e. The quantitative estimate of drug-likeness (QED) is 0.663. The SMILES string of the molecule is CO[C@@]1(c2ccc3c(C)ncnn23)O[C@H](CO)[C@@H](O)[C@H]1O. The third kappa shape index (κ3) is 1.88. The first kappa shape index (κ1) is 14.4. The van der Waals surface area contributed by atoms with Crippen molar-refractivity contribution in [3.8, 4) is 0 Å². The average molecular weight is 295 g/mol. The minimum absolute atomic E-state index is 0.424. The van der Waals surface area contributed by atoms with Crippen LogP contribution >= 0.6 is 0 Å². The van der Waals surface area contributed by atoms with Crippen molar-refractivity contribution < 1.29 is 24.8 Å². The number of ether oxygens (including phenoxy) is 2. The van der Waals surface area contributed by atoms with E-state index in [9.17, 15) is 15.3 Å². The van der Waals surface area contributed by atoms with Crippen molar-refractivity contribution in [2.24, 2.45) is 0 Å². The zero-order valence-electron chi connectivity index (χ0n) is 11.7. The smallest absolute Gasteiger partial charge is 0.242 e. The number of methoxy groups -OCH3 is 1. The van der Waals surface area contributed by atoms with Gasteiger partial charge in [0.1, 0.15) is 30.3 Å². The number of nitrogens with zero attached hydrogens (tertiary/aromatic N) is 3. The van der Waals surface area contributed by atoms with Crippen LogP contribution in [0.15, 0.2) is 18.5 Å². The Bertz CT molecular complexity index is 660. The predicted molar refractivity (Wildman–Crippen MR) is 70.4 cm³/mol. The highest BCUT2D eigenvalue weighted by molar-refractivity contribution is 5.53. The van der Waals surface area contributed by atoms with Gasteiger partial charge < -0.3 is 24.8 Å². The van der Waals surface area contributed by atoms with Crippen LogP contribution in [0.3, 0.4) is 0 Å². The van der Waals surface area contributed by atoms with Crippen molar-refractivity contribution >= 4 is 5.52 Å². The normalized spacial score (nSPS) is 32.9. The lowest BCUT2D eigenvalue weighted by molar-refractivity contribution is -0.259. The molecule has 0 spiro atoms. The highest BCUT2D eigenvalue weighted by atomic mass is 16.7. The van der Waals surface area contributed by atoms with Gasteiger partial charge in [0.15, 0.2) is 0 Å². The van der Waals surface area contributed by atoms with E-state index in [0.717, 1.165) is 11.2 Å². The second kappa shape index (κ2) is 5.00. The number of aliphatic hydroxyl groups excluding tert-OH is 3. The van der Waals surface area contributed by atoms with Crippen molar-refractivity contribution in [1.29, 1.82) is 0 Å². The molecule has 0 aromatic carbocycles. The van der Waals surface area contributed by atoms with Crippen LogP contribution < -0.4 is 0 Å². The van der Waals surface area contributed by atoms with E-state index in [1.807, 2.05) is 6.92 Å². The van der Waals surface area contributed by atoms with Crippen molar-refractivity contribution in [2.75, 3.05) is 13.7 Å². The maximum absolute atomic E-state index is 10.3. The maximum atomic E-state index is 10.3. The largest absolute Gasteiger partial charge is 0.394 e. The Labute approximate surface area is 120 Å². The fourth-order valence-electron chi connectivity index (χ4n) is 2.74. The Balaban J connectivity index is 2.17. The van der Waals surface area contributed by atoms with Crippen LogP contribution in [0.25, 0.3) is 5.52 Å². The van der Waals surface area contributed by atoms with E-state index in [-0.39, 0.29) is 0 Å². The molecule has 2 aromatic heterocycles. The Hall–Kier alpha value is -1.58. The van der Waals surface area contributed by atoms with Crippen molar-refractivity contribution in [1.82, 2.24) is 14.6 Å². The van der Waals surface area contributed by atoms with Gasteiger partial charge in [-0.3, -0.25) is 0 Å². The summed E-state index contributed by atoms with van der Waals surface area (Å²) in [5.41, 5.74) is 1.92. The molecule has 3 heterocycles. The van der Waals surface area contributed by atoms with Gasteiger partial charge in [-0.05, 0) is 19.1 Å². The van der Waals surface area contributed by atoms with Crippen LogP contribution in [0.4, 0.5) is 0 Å². The molecule has 0 aliphatic carbocycles. The van der Waals surface area contributed by atoms with Crippen LogP contribution in [0.1, 0.15) is 11.4 Å². The molecule has 21 heavy (non-hydrogen) atoms. The molecule has 1 aliphatic rings. The molecule has 4 atom stereocenters. The van der Waals surface area contributed by atoms with E-state index in [1.165, 1.54) is 13.4 Å². The Morgan fingerprint density at radius 2 is 2.19 bits per heavy atom. The summed E-state index contributed by atoms with van der Waals surface area (Å²) in [7, 11) is 1.36. The number of fused-ring (bicyclic) bond motifs is 1. The zero-order chi connectivity index (χ0) is 15.2. The second-order valence-electron chi connectivity index (χ2n) is 5.01. The van der Waals surface area contributed by atoms with Gasteiger partial charge in [0.2, 0.25) is 5.79 Å². The summed E-state index contributed by atoms with van der Waals surface area (Å²) in [5, 5.41) is 33.7. The number of aromatic nitrogens is 3. The third-order valence-electron chi connectivity index (χ3n) is 3.91. The summed E-state index contributed by atoms with van der Waals surface area (Å²) in [5.74, 6) is -1.60. The molecule has 2 aromatic rings. The minimum Gasteiger partial charge on any atom is -0.394 e. The van der Waals surface area contributed by atoms with Gasteiger partial charge >= 0.3 is 0 Å². The van der Waals surface area contributed by atoms with Crippen molar-refractivity contribution in [2.45, 2.75) is 31.0 Å². The molecule has 8 heteroatoms. The van der Waals surface area contributed by atoms with Crippen molar-refractivity contribution in [3.05, 3.63) is 29.8 Å². The first-order valence-electron chi connectivity index (χ1n) is 6.55. The van der Waals surface area contributed by atoms with Crippen LogP contribution in [0.5, 0.6) is 0 Å². The third-order valence-corrected chi connectivity index (χ3v) is 3.91. The van der Waals surface area contributed by atoms with Gasteiger partial charge in [0.25, 0.3) is 0 Å². The molecule has 3 rings (SSSR count). The predicted octanol–water partition coefficient (Wildman–Crippen LogP) is -1.05. The standard InChI is InChI=1S/C13H17N3O5/c1-7-8-3-4-10(16(8)15-6-14-7)13(20-2)12(19)11(18)9(5-17)21-13/h3-4,6,9,11-12,17-19H,5H2,1-2H3/t9-,11-,12-,13+/m1/s1. The molecule has 0 saturated carbocycles. The lowest BCUT2D eigenvalue weighted by Crippen LogP contribution is -2.43. The summed E-state index contributed by atoms with van der Waals surface area (Å²) in [4.78, 5) is 4.10. The van der Waals surface area contributed by atoms with Crippen LogP contribution in [-0.4, -0.2) is 61.9 Å². The Morgan fingerprint density at radius 3 is 2.81 bits per heavy atom. The van der Waals surface area contributed by atoms with Crippen LogP contribution in [0, 0.1) is 6.92 Å². The molecule has 0 radical (unpaired) electrons. The van der Waals surface area contributed by atoms with Gasteiger partial charge in [0.05, 0.1) is 17.8 Å². The molecule has 1 fully saturated rings. The summed E-state index contributed by atoms with van der Waals surface area (Å²) < 4.78 is 12.5. The van der Waals surface area contributed by atoms with Crippen molar-refractivity contribution in [3.63, 3.8) is 0 Å². The van der Waals surface area contributed by atoms with E-state index in [0.29, 0.717) is 5.69 Å². The van der Waals surface area contributed by atoms with E-state index in [4.69, 9.17) is 9.47 Å². The lowest BCUT2D eigenvalue weighted by atomic mass is 10.0. The van der Waals surface area contributed by atoms with Gasteiger partial charge in [-0.2, -0.15) is 5.10 Å². The number of aryl methyl sites for hydroxylation is 1. The molecular weight excluding hydrogens is 278 g/mol. The first-order valence-corrected chi connectivity index (χ1v) is 6.55. The molecule has 0 unspecified atom stereocenters. The van der Waals surface area contributed by atoms with Gasteiger partial charge in [-0.15, -0.1) is 0 Å². The van der Waals surface area contributed by atoms with Gasteiger partial charge in [0, 0.05) is 7.11 Å². The zero-order valence-corrected chi connectivity index (χ0v) is 11.7. The topological polar surface area (TPSA) is 109 Å². The highest BCUT2D eigenvalue weighted by Gasteiger charge is 2.57. The monoisotopic (exact) mass is 295 g/mol. The summed E-state index contributed by atoms with van der Waals surface area (Å²) in [6, 6.07) is 3.47. The van der Waals surface area contributed by atoms with E-state index in [2.05, 4.69) is 10.1 Å². The van der Waals surface area contributed by atoms with E-state index >= 15 is 0 Å². The number of hydrogen-bond donors (Lipinski definition) is 3. The van der Waals surface area contributed by atoms with E-state index in [1.54, 1.807) is 16.6 Å². The Kier molecular flexibility index (Phi) is 3.42. The lowest BCUT2D eigenvalue weighted by Gasteiger charge is -2.29. The molecule has 1 aliphatic heterocycles. The Morgan fingerprint density at radius 1 is 1.43 bits per heavy atom. The number of hydrogen-bond acceptors (Lipinski definition) is 7. The van der Waals surface area contributed by atoms with Gasteiger partial charge in [-0.1, -0.05) is 0 Å². The average Bonchev–Trinajstić information content (AvgIpc) is 3.03. The highest BCUT2D eigenvalue weighted by Crippen LogP contribution is 2.40. The first-order chi connectivity index (χ1) is 10.0. The summed E-state index contributed by atoms with van der Waals surface area (Å²) in [6.07, 6.45) is -2.17. The molecule has 114 valence electrons. The number of rotatable bonds is 3. The van der Waals surface area contributed by atoms with Gasteiger partial charge in [-0.25, -0.2) is 9.50 Å². The number of aliphatic hydroxyl groups is 3. The molecule has 0 amide bonds. The summed E-state index contributed by atoms with van der Waals surface area (Å²) in [6.45, 7) is 1.40. The van der Waals surface area contributed by atoms with Crippen LogP contribution in [-0.2, 0) is 15.3 Å². The molecular formula is C13H17N3O5. The van der Waals surface area contributed by atoms with E-state index < -0.39 is 30.7 Å². The molecule has 3 N–H and O–H groups in total. The minimum atomic E-state index is -1.60. The fraction of sp³-hybridized carbons (Fsp3) is 0.538. The molecule has 8 nitrogen and oxygen atoms in total. The molecule has 1 saturated heterocycles. The summed E-state index contributed by atoms with van der Waals surface area (Å²) >= 11 is 0. The molecule has 0 bridgehead atoms. The second-order valence-corrected chi connectivity index (χ2v) is 5.01.